The number of hydrogen-bond acceptors (Lipinski definition) is 7. The summed E-state index contributed by atoms with van der Waals surface area (Å²) in [7, 11) is -3.81. The molecule has 0 unspecified atom stereocenters. The number of rotatable bonds is 7. The average Bonchev–Trinajstić information content (AvgIpc) is 2.61. The number of primary sulfonamides is 1. The number of nitrogens with zero attached hydrogens (tertiary/aromatic N) is 2. The van der Waals surface area contributed by atoms with Crippen LogP contribution in [0.2, 0.25) is 5.02 Å². The fourth-order valence-electron chi connectivity index (χ4n) is 2.26. The third-order valence-corrected chi connectivity index (χ3v) is 4.97. The van der Waals surface area contributed by atoms with Crippen LogP contribution < -0.4 is 10.5 Å². The maximum absolute atomic E-state index is 12.3. The molecule has 1 amide bonds. The van der Waals surface area contributed by atoms with E-state index in [0.29, 0.717) is 18.1 Å². The molecule has 0 aliphatic carbocycles. The van der Waals surface area contributed by atoms with Crippen LogP contribution in [0, 0.1) is 20.2 Å². The predicted octanol–water partition coefficient (Wildman–Crippen LogP) is 1.78. The quantitative estimate of drug-likeness (QED) is 0.498. The summed E-state index contributed by atoms with van der Waals surface area (Å²) < 4.78 is 22.4. The summed E-state index contributed by atoms with van der Waals surface area (Å²) in [6.45, 7) is 0.0698. The first kappa shape index (κ1) is 21.2. The van der Waals surface area contributed by atoms with Crippen LogP contribution in [-0.4, -0.2) is 30.7 Å². The second-order valence-electron chi connectivity index (χ2n) is 5.54. The number of carbonyl (C=O) groups is 1. The first-order valence-corrected chi connectivity index (χ1v) is 9.45. The van der Waals surface area contributed by atoms with Crippen molar-refractivity contribution in [3.63, 3.8) is 0 Å². The Labute approximate surface area is 163 Å². The van der Waals surface area contributed by atoms with Crippen molar-refractivity contribution in [3.05, 3.63) is 72.8 Å². The molecule has 0 aromatic heterocycles. The number of nitro groups is 2. The maximum atomic E-state index is 12.3. The molecule has 13 heteroatoms. The molecule has 0 aliphatic rings. The van der Waals surface area contributed by atoms with Crippen LogP contribution in [-0.2, 0) is 16.4 Å². The van der Waals surface area contributed by atoms with Crippen molar-refractivity contribution in [2.75, 3.05) is 6.54 Å². The van der Waals surface area contributed by atoms with E-state index >= 15 is 0 Å². The minimum absolute atomic E-state index is 0.0593. The second-order valence-corrected chi connectivity index (χ2v) is 7.47. The monoisotopic (exact) mass is 428 g/mol. The first-order chi connectivity index (χ1) is 13.0. The zero-order valence-electron chi connectivity index (χ0n) is 14.0. The van der Waals surface area contributed by atoms with Gasteiger partial charge in [-0.25, -0.2) is 13.6 Å². The summed E-state index contributed by atoms with van der Waals surface area (Å²) in [5, 5.41) is 28.8. The number of nitro benzene ring substituents is 2. The van der Waals surface area contributed by atoms with Crippen LogP contribution in [0.4, 0.5) is 11.4 Å². The highest BCUT2D eigenvalue weighted by Gasteiger charge is 2.26. The highest BCUT2D eigenvalue weighted by atomic mass is 35.5. The maximum Gasteiger partial charge on any atom is 0.295 e. The van der Waals surface area contributed by atoms with Crippen molar-refractivity contribution in [2.24, 2.45) is 5.14 Å². The van der Waals surface area contributed by atoms with Gasteiger partial charge in [0.05, 0.1) is 26.4 Å². The summed E-state index contributed by atoms with van der Waals surface area (Å²) in [5.74, 6) is -0.821. The SMILES string of the molecule is NS(=O)(=O)c1ccc(CCNC(=O)c2cc([N+](=O)[O-])cc([N+](=O)[O-])c2Cl)cc1. The molecule has 0 radical (unpaired) electrons. The first-order valence-electron chi connectivity index (χ1n) is 7.53. The number of hydrogen-bond donors (Lipinski definition) is 2. The molecule has 0 heterocycles. The number of carbonyl (C=O) groups excluding carboxylic acids is 1. The molecule has 0 saturated carbocycles. The summed E-state index contributed by atoms with van der Waals surface area (Å²) in [6, 6.07) is 7.17. The molecular formula is C15H13ClN4O7S. The van der Waals surface area contributed by atoms with Crippen LogP contribution in [0.15, 0.2) is 41.3 Å². The van der Waals surface area contributed by atoms with Crippen molar-refractivity contribution in [3.8, 4) is 0 Å². The van der Waals surface area contributed by atoms with Gasteiger partial charge in [0.2, 0.25) is 10.0 Å². The lowest BCUT2D eigenvalue weighted by molar-refractivity contribution is -0.394. The third-order valence-electron chi connectivity index (χ3n) is 3.64. The molecule has 0 bridgehead atoms. The average molecular weight is 429 g/mol. The Kier molecular flexibility index (Phi) is 6.28. The second kappa shape index (κ2) is 8.29. The molecule has 2 aromatic rings. The Balaban J connectivity index is 2.13. The fraction of sp³-hybridized carbons (Fsp3) is 0.133. The van der Waals surface area contributed by atoms with Crippen molar-refractivity contribution < 1.29 is 23.1 Å². The van der Waals surface area contributed by atoms with Crippen molar-refractivity contribution in [1.29, 1.82) is 0 Å². The van der Waals surface area contributed by atoms with Crippen LogP contribution in [0.5, 0.6) is 0 Å². The molecule has 3 N–H and O–H groups in total. The molecule has 0 fully saturated rings. The van der Waals surface area contributed by atoms with E-state index in [2.05, 4.69) is 5.32 Å². The molecule has 11 nitrogen and oxygen atoms in total. The van der Waals surface area contributed by atoms with E-state index in [9.17, 15) is 33.4 Å². The van der Waals surface area contributed by atoms with Crippen LogP contribution in [0.3, 0.4) is 0 Å². The van der Waals surface area contributed by atoms with Gasteiger partial charge in [0.25, 0.3) is 17.3 Å². The van der Waals surface area contributed by atoms with Crippen LogP contribution in [0.1, 0.15) is 15.9 Å². The minimum atomic E-state index is -3.81. The summed E-state index contributed by atoms with van der Waals surface area (Å²) in [5.41, 5.74) is -1.10. The van der Waals surface area contributed by atoms with Crippen molar-refractivity contribution in [2.45, 2.75) is 11.3 Å². The number of halogens is 1. The van der Waals surface area contributed by atoms with Gasteiger partial charge in [-0.2, -0.15) is 0 Å². The van der Waals surface area contributed by atoms with E-state index in [0.717, 1.165) is 6.07 Å². The zero-order chi connectivity index (χ0) is 21.1. The van der Waals surface area contributed by atoms with Crippen LogP contribution >= 0.6 is 11.6 Å². The lowest BCUT2D eigenvalue weighted by Gasteiger charge is -2.08. The molecule has 28 heavy (non-hydrogen) atoms. The van der Waals surface area contributed by atoms with Crippen LogP contribution in [0.25, 0.3) is 0 Å². The van der Waals surface area contributed by atoms with Gasteiger partial charge in [-0.15, -0.1) is 0 Å². The molecule has 0 aliphatic heterocycles. The molecule has 0 saturated heterocycles. The largest absolute Gasteiger partial charge is 0.352 e. The smallest absolute Gasteiger partial charge is 0.295 e. The van der Waals surface area contributed by atoms with E-state index in [1.54, 1.807) is 0 Å². The van der Waals surface area contributed by atoms with Gasteiger partial charge in [0.15, 0.2) is 0 Å². The van der Waals surface area contributed by atoms with Crippen molar-refractivity contribution >= 4 is 38.9 Å². The molecule has 0 spiro atoms. The van der Waals surface area contributed by atoms with Gasteiger partial charge in [0, 0.05) is 12.6 Å². The van der Waals surface area contributed by atoms with Gasteiger partial charge in [0.1, 0.15) is 5.02 Å². The molecule has 148 valence electrons. The number of sulfonamides is 1. The highest BCUT2D eigenvalue weighted by Crippen LogP contribution is 2.32. The highest BCUT2D eigenvalue weighted by molar-refractivity contribution is 7.89. The van der Waals surface area contributed by atoms with Gasteiger partial charge < -0.3 is 5.32 Å². The van der Waals surface area contributed by atoms with E-state index in [-0.39, 0.29) is 11.4 Å². The Morgan fingerprint density at radius 1 is 1.11 bits per heavy atom. The molecular weight excluding hydrogens is 416 g/mol. The standard InChI is InChI=1S/C15H13ClN4O7S/c16-14-12(7-10(19(22)23)8-13(14)20(24)25)15(21)18-6-5-9-1-3-11(4-2-9)28(17,26)27/h1-4,7-8H,5-6H2,(H,18,21)(H2,17,26,27). The number of amides is 1. The molecule has 0 atom stereocenters. The fourth-order valence-corrected chi connectivity index (χ4v) is 3.04. The van der Waals surface area contributed by atoms with Gasteiger partial charge in [-0.1, -0.05) is 23.7 Å². The Morgan fingerprint density at radius 2 is 1.71 bits per heavy atom. The van der Waals surface area contributed by atoms with E-state index in [1.807, 2.05) is 0 Å². The Hall–Kier alpha value is -3.09. The minimum Gasteiger partial charge on any atom is -0.352 e. The molecule has 2 aromatic carbocycles. The number of nitrogens with two attached hydrogens (primary N) is 1. The normalized spacial score (nSPS) is 11.1. The predicted molar refractivity (Wildman–Crippen MR) is 98.6 cm³/mol. The molecule has 2 rings (SSSR count). The van der Waals surface area contributed by atoms with E-state index in [4.69, 9.17) is 16.7 Å². The Morgan fingerprint density at radius 3 is 2.21 bits per heavy atom. The van der Waals surface area contributed by atoms with Gasteiger partial charge in [-0.05, 0) is 24.1 Å². The number of non-ortho nitro benzene ring substituents is 1. The summed E-state index contributed by atoms with van der Waals surface area (Å²) in [6.07, 6.45) is 0.297. The van der Waals surface area contributed by atoms with E-state index in [1.165, 1.54) is 24.3 Å². The number of benzene rings is 2. The van der Waals surface area contributed by atoms with Gasteiger partial charge >= 0.3 is 0 Å². The zero-order valence-corrected chi connectivity index (χ0v) is 15.6. The topological polar surface area (TPSA) is 176 Å². The lowest BCUT2D eigenvalue weighted by atomic mass is 10.1. The Bertz CT molecular complexity index is 1050. The summed E-state index contributed by atoms with van der Waals surface area (Å²) in [4.78, 5) is 32.3. The summed E-state index contributed by atoms with van der Waals surface area (Å²) >= 11 is 5.84. The van der Waals surface area contributed by atoms with E-state index < -0.39 is 47.7 Å². The third kappa shape index (κ3) is 5.00. The van der Waals surface area contributed by atoms with Gasteiger partial charge in [-0.3, -0.25) is 25.0 Å². The van der Waals surface area contributed by atoms with Crippen molar-refractivity contribution in [1.82, 2.24) is 5.32 Å². The number of nitrogens with one attached hydrogen (secondary N) is 1. The lowest BCUT2D eigenvalue weighted by Crippen LogP contribution is -2.26.